The van der Waals surface area contributed by atoms with Gasteiger partial charge in [-0.15, -0.1) is 0 Å². The first kappa shape index (κ1) is 13.2. The Kier molecular flexibility index (Phi) is 3.07. The molecule has 0 unspecified atom stereocenters. The highest BCUT2D eigenvalue weighted by Crippen LogP contribution is 2.29. The summed E-state index contributed by atoms with van der Waals surface area (Å²) in [5.74, 6) is 0. The van der Waals surface area contributed by atoms with Gasteiger partial charge in [0, 0.05) is 22.1 Å². The molecule has 0 radical (unpaired) electrons. The molecule has 0 saturated heterocycles. The number of aromatic amines is 1. The maximum absolute atomic E-state index is 12.7. The fourth-order valence-corrected chi connectivity index (χ4v) is 3.81. The molecule has 5 heteroatoms. The van der Waals surface area contributed by atoms with E-state index in [-0.39, 0.29) is 9.79 Å². The molecule has 1 aromatic heterocycles. The molecule has 0 spiro atoms. The lowest BCUT2D eigenvalue weighted by atomic mass is 10.2. The summed E-state index contributed by atoms with van der Waals surface area (Å²) in [7, 11) is -3.55. The minimum atomic E-state index is -3.55. The Labute approximate surface area is 122 Å². The number of benzene rings is 2. The van der Waals surface area contributed by atoms with Crippen LogP contribution in [-0.2, 0) is 9.84 Å². The van der Waals surface area contributed by atoms with Crippen LogP contribution in [0.4, 0.5) is 0 Å². The maximum atomic E-state index is 12.7. The van der Waals surface area contributed by atoms with Gasteiger partial charge in [-0.25, -0.2) is 8.42 Å². The lowest BCUT2D eigenvalue weighted by Crippen LogP contribution is -2.01. The zero-order chi connectivity index (χ0) is 14.3. The molecule has 0 fully saturated rings. The van der Waals surface area contributed by atoms with E-state index in [1.54, 1.807) is 25.1 Å². The van der Waals surface area contributed by atoms with Crippen molar-refractivity contribution < 1.29 is 8.42 Å². The number of rotatable bonds is 2. The van der Waals surface area contributed by atoms with E-state index in [0.29, 0.717) is 10.4 Å². The number of nitrogens with one attached hydrogen (secondary N) is 1. The van der Waals surface area contributed by atoms with E-state index >= 15 is 0 Å². The topological polar surface area (TPSA) is 49.9 Å². The first-order valence-electron chi connectivity index (χ1n) is 6.07. The van der Waals surface area contributed by atoms with E-state index < -0.39 is 9.84 Å². The molecule has 0 bridgehead atoms. The third-order valence-corrected chi connectivity index (χ3v) is 5.50. The summed E-state index contributed by atoms with van der Waals surface area (Å²) in [5.41, 5.74) is 1.55. The molecule has 3 nitrogen and oxygen atoms in total. The van der Waals surface area contributed by atoms with Gasteiger partial charge in [0.15, 0.2) is 0 Å². The highest BCUT2D eigenvalue weighted by Gasteiger charge is 2.21. The van der Waals surface area contributed by atoms with Crippen molar-refractivity contribution >= 4 is 32.3 Å². The van der Waals surface area contributed by atoms with Gasteiger partial charge in [-0.3, -0.25) is 0 Å². The monoisotopic (exact) mass is 305 g/mol. The average Bonchev–Trinajstić information content (AvgIpc) is 2.86. The standard InChI is InChI=1S/C15H12ClNO2S/c1-10-8-11(6-7-13(10)16)20(18,19)15-9-17-14-5-3-2-4-12(14)15/h2-9,17H,1H3. The van der Waals surface area contributed by atoms with E-state index in [1.165, 1.54) is 12.3 Å². The molecule has 0 aliphatic rings. The van der Waals surface area contributed by atoms with Crippen LogP contribution in [0.15, 0.2) is 58.5 Å². The molecule has 20 heavy (non-hydrogen) atoms. The van der Waals surface area contributed by atoms with Crippen molar-refractivity contribution in [2.75, 3.05) is 0 Å². The van der Waals surface area contributed by atoms with Gasteiger partial charge < -0.3 is 4.98 Å². The average molecular weight is 306 g/mol. The number of hydrogen-bond acceptors (Lipinski definition) is 2. The number of para-hydroxylation sites is 1. The quantitative estimate of drug-likeness (QED) is 0.779. The van der Waals surface area contributed by atoms with Crippen LogP contribution in [-0.4, -0.2) is 13.4 Å². The highest BCUT2D eigenvalue weighted by molar-refractivity contribution is 7.91. The van der Waals surface area contributed by atoms with Crippen molar-refractivity contribution in [1.82, 2.24) is 4.98 Å². The Morgan fingerprint density at radius 2 is 1.85 bits per heavy atom. The molecule has 102 valence electrons. The maximum Gasteiger partial charge on any atom is 0.208 e. The van der Waals surface area contributed by atoms with Crippen molar-refractivity contribution in [3.05, 3.63) is 59.2 Å². The molecule has 2 aromatic carbocycles. The van der Waals surface area contributed by atoms with Crippen LogP contribution in [0.2, 0.25) is 5.02 Å². The SMILES string of the molecule is Cc1cc(S(=O)(=O)c2c[nH]c3ccccc23)ccc1Cl. The van der Waals surface area contributed by atoms with Crippen molar-refractivity contribution in [1.29, 1.82) is 0 Å². The summed E-state index contributed by atoms with van der Waals surface area (Å²) in [4.78, 5) is 3.53. The van der Waals surface area contributed by atoms with Crippen molar-refractivity contribution in [2.24, 2.45) is 0 Å². The summed E-state index contributed by atoms with van der Waals surface area (Å²) in [5, 5.41) is 1.25. The normalized spacial score (nSPS) is 11.9. The number of H-pyrrole nitrogens is 1. The smallest absolute Gasteiger partial charge is 0.208 e. The molecule has 0 amide bonds. The van der Waals surface area contributed by atoms with E-state index in [4.69, 9.17) is 11.6 Å². The first-order chi connectivity index (χ1) is 9.50. The fraction of sp³-hybridized carbons (Fsp3) is 0.0667. The zero-order valence-electron chi connectivity index (χ0n) is 10.7. The van der Waals surface area contributed by atoms with Gasteiger partial charge in [-0.1, -0.05) is 29.8 Å². The second-order valence-corrected chi connectivity index (χ2v) is 6.94. The summed E-state index contributed by atoms with van der Waals surface area (Å²) >= 11 is 5.95. The summed E-state index contributed by atoms with van der Waals surface area (Å²) < 4.78 is 25.4. The minimum absolute atomic E-state index is 0.254. The number of halogens is 1. The Morgan fingerprint density at radius 1 is 1.10 bits per heavy atom. The van der Waals surface area contributed by atoms with Crippen LogP contribution in [0, 0.1) is 6.92 Å². The number of aromatic nitrogens is 1. The molecule has 1 N–H and O–H groups in total. The predicted octanol–water partition coefficient (Wildman–Crippen LogP) is 3.96. The fourth-order valence-electron chi connectivity index (χ4n) is 2.18. The van der Waals surface area contributed by atoms with Crippen LogP contribution in [0.5, 0.6) is 0 Å². The van der Waals surface area contributed by atoms with Crippen molar-refractivity contribution in [2.45, 2.75) is 16.7 Å². The molecule has 0 saturated carbocycles. The molecule has 3 rings (SSSR count). The van der Waals surface area contributed by atoms with Crippen molar-refractivity contribution in [3.8, 4) is 0 Å². The predicted molar refractivity (Wildman–Crippen MR) is 79.9 cm³/mol. The van der Waals surface area contributed by atoms with E-state index in [1.807, 2.05) is 18.2 Å². The molecule has 1 heterocycles. The minimum Gasteiger partial charge on any atom is -0.360 e. The van der Waals surface area contributed by atoms with E-state index in [9.17, 15) is 8.42 Å². The number of fused-ring (bicyclic) bond motifs is 1. The van der Waals surface area contributed by atoms with Gasteiger partial charge in [0.2, 0.25) is 9.84 Å². The third kappa shape index (κ3) is 2.01. The number of aryl methyl sites for hydroxylation is 1. The molecular formula is C15H12ClNO2S. The second kappa shape index (κ2) is 4.65. The molecule has 0 atom stereocenters. The van der Waals surface area contributed by atoms with Crippen LogP contribution < -0.4 is 0 Å². The summed E-state index contributed by atoms with van der Waals surface area (Å²) in [6.45, 7) is 1.79. The number of hydrogen-bond donors (Lipinski definition) is 1. The van der Waals surface area contributed by atoms with E-state index in [0.717, 1.165) is 11.1 Å². The second-order valence-electron chi connectivity index (χ2n) is 4.61. The van der Waals surface area contributed by atoms with Gasteiger partial charge in [0.05, 0.1) is 9.79 Å². The summed E-state index contributed by atoms with van der Waals surface area (Å²) in [6.07, 6.45) is 1.53. The molecular weight excluding hydrogens is 294 g/mol. The Bertz CT molecular complexity index is 897. The summed E-state index contributed by atoms with van der Waals surface area (Å²) in [6, 6.07) is 12.1. The van der Waals surface area contributed by atoms with Crippen LogP contribution in [0.1, 0.15) is 5.56 Å². The van der Waals surface area contributed by atoms with Crippen LogP contribution in [0.3, 0.4) is 0 Å². The Hall–Kier alpha value is -1.78. The van der Waals surface area contributed by atoms with Crippen LogP contribution >= 0.6 is 11.6 Å². The molecule has 0 aliphatic carbocycles. The molecule has 3 aromatic rings. The lowest BCUT2D eigenvalue weighted by Gasteiger charge is -2.05. The lowest BCUT2D eigenvalue weighted by molar-refractivity contribution is 0.597. The number of sulfone groups is 1. The zero-order valence-corrected chi connectivity index (χ0v) is 12.3. The van der Waals surface area contributed by atoms with Gasteiger partial charge >= 0.3 is 0 Å². The Balaban J connectivity index is 2.23. The van der Waals surface area contributed by atoms with Crippen molar-refractivity contribution in [3.63, 3.8) is 0 Å². The highest BCUT2D eigenvalue weighted by atomic mass is 35.5. The van der Waals surface area contributed by atoms with Gasteiger partial charge in [0.25, 0.3) is 0 Å². The van der Waals surface area contributed by atoms with Gasteiger partial charge in [-0.05, 0) is 36.8 Å². The van der Waals surface area contributed by atoms with Crippen LogP contribution in [0.25, 0.3) is 10.9 Å². The first-order valence-corrected chi connectivity index (χ1v) is 7.93. The van der Waals surface area contributed by atoms with Gasteiger partial charge in [-0.2, -0.15) is 0 Å². The van der Waals surface area contributed by atoms with Gasteiger partial charge in [0.1, 0.15) is 0 Å². The third-order valence-electron chi connectivity index (χ3n) is 3.28. The Morgan fingerprint density at radius 3 is 2.60 bits per heavy atom. The largest absolute Gasteiger partial charge is 0.360 e. The van der Waals surface area contributed by atoms with E-state index in [2.05, 4.69) is 4.98 Å². The molecule has 0 aliphatic heterocycles.